The van der Waals surface area contributed by atoms with Gasteiger partial charge < -0.3 is 9.84 Å². The standard InChI is InChI=1S/C14H15NO2/c1-2-11-3-5-13(6-4-11)17-14-9-12(10-16)7-8-15-14/h3-9,16H,2,10H2,1H3. The van der Waals surface area contributed by atoms with Crippen molar-refractivity contribution in [3.05, 3.63) is 53.7 Å². The summed E-state index contributed by atoms with van der Waals surface area (Å²) < 4.78 is 5.60. The van der Waals surface area contributed by atoms with E-state index < -0.39 is 0 Å². The van der Waals surface area contributed by atoms with E-state index in [-0.39, 0.29) is 6.61 Å². The van der Waals surface area contributed by atoms with Gasteiger partial charge in [0.2, 0.25) is 5.88 Å². The van der Waals surface area contributed by atoms with Crippen LogP contribution in [-0.4, -0.2) is 10.1 Å². The maximum absolute atomic E-state index is 9.01. The van der Waals surface area contributed by atoms with Gasteiger partial charge in [0.25, 0.3) is 0 Å². The molecule has 3 nitrogen and oxygen atoms in total. The van der Waals surface area contributed by atoms with Crippen molar-refractivity contribution >= 4 is 0 Å². The van der Waals surface area contributed by atoms with Gasteiger partial charge in [0.1, 0.15) is 5.75 Å². The summed E-state index contributed by atoms with van der Waals surface area (Å²) in [5.74, 6) is 1.26. The van der Waals surface area contributed by atoms with Crippen molar-refractivity contribution < 1.29 is 9.84 Å². The Morgan fingerprint density at radius 1 is 1.12 bits per heavy atom. The zero-order chi connectivity index (χ0) is 12.1. The molecule has 1 heterocycles. The van der Waals surface area contributed by atoms with Crippen LogP contribution in [0.25, 0.3) is 0 Å². The van der Waals surface area contributed by atoms with E-state index in [0.717, 1.165) is 17.7 Å². The van der Waals surface area contributed by atoms with Crippen LogP contribution in [0, 0.1) is 0 Å². The predicted octanol–water partition coefficient (Wildman–Crippen LogP) is 2.93. The third-order valence-corrected chi connectivity index (χ3v) is 2.54. The highest BCUT2D eigenvalue weighted by molar-refractivity contribution is 5.31. The lowest BCUT2D eigenvalue weighted by atomic mass is 10.2. The zero-order valence-corrected chi connectivity index (χ0v) is 9.76. The highest BCUT2D eigenvalue weighted by Crippen LogP contribution is 2.20. The fourth-order valence-electron chi connectivity index (χ4n) is 1.52. The van der Waals surface area contributed by atoms with Gasteiger partial charge in [0.05, 0.1) is 6.61 Å². The Labute approximate surface area is 101 Å². The Morgan fingerprint density at radius 2 is 1.88 bits per heavy atom. The largest absolute Gasteiger partial charge is 0.439 e. The highest BCUT2D eigenvalue weighted by atomic mass is 16.5. The van der Waals surface area contributed by atoms with E-state index in [1.54, 1.807) is 18.3 Å². The summed E-state index contributed by atoms with van der Waals surface area (Å²) in [5, 5.41) is 9.01. The Kier molecular flexibility index (Phi) is 3.73. The van der Waals surface area contributed by atoms with Gasteiger partial charge in [-0.2, -0.15) is 0 Å². The molecule has 1 aromatic carbocycles. The molecule has 0 radical (unpaired) electrons. The number of benzene rings is 1. The maximum atomic E-state index is 9.01. The van der Waals surface area contributed by atoms with Crippen LogP contribution in [0.3, 0.4) is 0 Å². The van der Waals surface area contributed by atoms with Crippen LogP contribution >= 0.6 is 0 Å². The maximum Gasteiger partial charge on any atom is 0.219 e. The smallest absolute Gasteiger partial charge is 0.219 e. The molecule has 88 valence electrons. The molecule has 3 heteroatoms. The summed E-state index contributed by atoms with van der Waals surface area (Å²) in [5.41, 5.74) is 2.06. The summed E-state index contributed by atoms with van der Waals surface area (Å²) >= 11 is 0. The molecule has 0 aliphatic heterocycles. The quantitative estimate of drug-likeness (QED) is 0.876. The van der Waals surface area contributed by atoms with Crippen LogP contribution in [0.5, 0.6) is 11.6 Å². The molecule has 2 rings (SSSR count). The lowest BCUT2D eigenvalue weighted by Gasteiger charge is -2.06. The molecular formula is C14H15NO2. The lowest BCUT2D eigenvalue weighted by Crippen LogP contribution is -1.90. The minimum Gasteiger partial charge on any atom is -0.439 e. The molecule has 0 aliphatic carbocycles. The molecule has 0 aliphatic rings. The van der Waals surface area contributed by atoms with E-state index in [0.29, 0.717) is 5.88 Å². The van der Waals surface area contributed by atoms with E-state index in [2.05, 4.69) is 11.9 Å². The average Bonchev–Trinajstić information content (AvgIpc) is 2.40. The summed E-state index contributed by atoms with van der Waals surface area (Å²) in [6.07, 6.45) is 2.64. The summed E-state index contributed by atoms with van der Waals surface area (Å²) in [4.78, 5) is 4.09. The molecule has 1 N–H and O–H groups in total. The fraction of sp³-hybridized carbons (Fsp3) is 0.214. The van der Waals surface area contributed by atoms with Gasteiger partial charge in [-0.15, -0.1) is 0 Å². The Hall–Kier alpha value is -1.87. The van der Waals surface area contributed by atoms with E-state index >= 15 is 0 Å². The van der Waals surface area contributed by atoms with Crippen molar-refractivity contribution in [1.29, 1.82) is 0 Å². The molecule has 0 spiro atoms. The van der Waals surface area contributed by atoms with Crippen LogP contribution in [0.1, 0.15) is 18.1 Å². The number of rotatable bonds is 4. The number of aliphatic hydroxyl groups is 1. The second kappa shape index (κ2) is 5.46. The van der Waals surface area contributed by atoms with Crippen molar-refractivity contribution in [2.45, 2.75) is 20.0 Å². The van der Waals surface area contributed by atoms with E-state index in [1.807, 2.05) is 24.3 Å². The third kappa shape index (κ3) is 3.04. The number of hydrogen-bond donors (Lipinski definition) is 1. The first-order valence-electron chi connectivity index (χ1n) is 5.64. The van der Waals surface area contributed by atoms with Gasteiger partial charge in [0, 0.05) is 12.3 Å². The van der Waals surface area contributed by atoms with Gasteiger partial charge in [-0.25, -0.2) is 4.98 Å². The van der Waals surface area contributed by atoms with Gasteiger partial charge in [-0.3, -0.25) is 0 Å². The van der Waals surface area contributed by atoms with Gasteiger partial charge in [-0.1, -0.05) is 19.1 Å². The molecular weight excluding hydrogens is 214 g/mol. The summed E-state index contributed by atoms with van der Waals surface area (Å²) in [7, 11) is 0. The second-order valence-corrected chi connectivity index (χ2v) is 3.76. The van der Waals surface area contributed by atoms with E-state index in [9.17, 15) is 0 Å². The number of nitrogens with zero attached hydrogens (tertiary/aromatic N) is 1. The molecule has 0 saturated carbocycles. The number of aromatic nitrogens is 1. The van der Waals surface area contributed by atoms with Crippen molar-refractivity contribution in [3.63, 3.8) is 0 Å². The number of pyridine rings is 1. The predicted molar refractivity (Wildman–Crippen MR) is 66.1 cm³/mol. The zero-order valence-electron chi connectivity index (χ0n) is 9.76. The molecule has 2 aromatic rings. The minimum atomic E-state index is -0.00630. The molecule has 1 aromatic heterocycles. The molecule has 0 unspecified atom stereocenters. The van der Waals surface area contributed by atoms with Crippen molar-refractivity contribution in [1.82, 2.24) is 4.98 Å². The molecule has 0 saturated heterocycles. The first-order valence-corrected chi connectivity index (χ1v) is 5.64. The van der Waals surface area contributed by atoms with Gasteiger partial charge in [0.15, 0.2) is 0 Å². The van der Waals surface area contributed by atoms with Crippen LogP contribution in [0.2, 0.25) is 0 Å². The van der Waals surface area contributed by atoms with Crippen molar-refractivity contribution in [3.8, 4) is 11.6 Å². The fourth-order valence-corrected chi connectivity index (χ4v) is 1.52. The number of aryl methyl sites for hydroxylation is 1. The molecule has 17 heavy (non-hydrogen) atoms. The van der Waals surface area contributed by atoms with Crippen LogP contribution in [0.4, 0.5) is 0 Å². The third-order valence-electron chi connectivity index (χ3n) is 2.54. The topological polar surface area (TPSA) is 42.4 Å². The summed E-state index contributed by atoms with van der Waals surface area (Å²) in [6.45, 7) is 2.11. The Balaban J connectivity index is 2.13. The Bertz CT molecular complexity index is 480. The SMILES string of the molecule is CCc1ccc(Oc2cc(CO)ccn2)cc1. The first kappa shape index (κ1) is 11.6. The highest BCUT2D eigenvalue weighted by Gasteiger charge is 2.00. The van der Waals surface area contributed by atoms with Gasteiger partial charge in [-0.05, 0) is 35.7 Å². The Morgan fingerprint density at radius 3 is 2.53 bits per heavy atom. The first-order chi connectivity index (χ1) is 8.31. The minimum absolute atomic E-state index is 0.00630. The van der Waals surface area contributed by atoms with Crippen molar-refractivity contribution in [2.24, 2.45) is 0 Å². The molecule has 0 amide bonds. The molecule has 0 atom stereocenters. The normalized spacial score (nSPS) is 10.2. The monoisotopic (exact) mass is 229 g/mol. The van der Waals surface area contributed by atoms with Crippen LogP contribution < -0.4 is 4.74 Å². The van der Waals surface area contributed by atoms with Crippen molar-refractivity contribution in [2.75, 3.05) is 0 Å². The van der Waals surface area contributed by atoms with E-state index in [4.69, 9.17) is 9.84 Å². The van der Waals surface area contributed by atoms with E-state index in [1.165, 1.54) is 5.56 Å². The van der Waals surface area contributed by atoms with Gasteiger partial charge >= 0.3 is 0 Å². The molecule has 0 bridgehead atoms. The van der Waals surface area contributed by atoms with Crippen LogP contribution in [0.15, 0.2) is 42.6 Å². The average molecular weight is 229 g/mol. The number of ether oxygens (including phenoxy) is 1. The van der Waals surface area contributed by atoms with Crippen LogP contribution in [-0.2, 0) is 13.0 Å². The lowest BCUT2D eigenvalue weighted by molar-refractivity contribution is 0.281. The molecule has 0 fully saturated rings. The summed E-state index contributed by atoms with van der Waals surface area (Å²) in [6, 6.07) is 11.4. The second-order valence-electron chi connectivity index (χ2n) is 3.76. The number of aliphatic hydroxyl groups excluding tert-OH is 1. The number of hydrogen-bond acceptors (Lipinski definition) is 3.